The van der Waals surface area contributed by atoms with Crippen LogP contribution in [0.1, 0.15) is 41.2 Å². The number of hydrogen-bond acceptors (Lipinski definition) is 4. The number of likely N-dealkylation sites (tertiary alicyclic amines) is 2. The van der Waals surface area contributed by atoms with Crippen LogP contribution in [-0.4, -0.2) is 62.3 Å². The van der Waals surface area contributed by atoms with Crippen LogP contribution in [0.2, 0.25) is 0 Å². The van der Waals surface area contributed by atoms with Gasteiger partial charge in [-0.25, -0.2) is 4.98 Å². The SMILES string of the molecule is Cn1cnc([C@H]2CN(C(=O)c3ccncc3)C[C@]23CCN(CC2CC2)C3=O)c1. The predicted molar refractivity (Wildman–Crippen MR) is 102 cm³/mol. The Labute approximate surface area is 164 Å². The van der Waals surface area contributed by atoms with Gasteiger partial charge >= 0.3 is 0 Å². The molecule has 0 N–H and O–H groups in total. The molecule has 2 atom stereocenters. The second-order valence-electron chi connectivity index (χ2n) is 8.54. The van der Waals surface area contributed by atoms with E-state index in [2.05, 4.69) is 9.97 Å². The highest BCUT2D eigenvalue weighted by atomic mass is 16.2. The number of carbonyl (C=O) groups is 2. The molecule has 0 aromatic carbocycles. The van der Waals surface area contributed by atoms with Crippen LogP contribution in [-0.2, 0) is 11.8 Å². The number of aromatic nitrogens is 3. The Bertz CT molecular complexity index is 907. The van der Waals surface area contributed by atoms with Crippen molar-refractivity contribution >= 4 is 11.8 Å². The highest BCUT2D eigenvalue weighted by Crippen LogP contribution is 2.50. The molecule has 3 fully saturated rings. The topological polar surface area (TPSA) is 71.3 Å². The van der Waals surface area contributed by atoms with Crippen LogP contribution in [0.15, 0.2) is 37.1 Å². The molecule has 3 aliphatic rings. The number of pyridine rings is 1. The summed E-state index contributed by atoms with van der Waals surface area (Å²) in [6, 6.07) is 3.47. The molecule has 7 nitrogen and oxygen atoms in total. The summed E-state index contributed by atoms with van der Waals surface area (Å²) in [6.45, 7) is 2.65. The summed E-state index contributed by atoms with van der Waals surface area (Å²) in [5.74, 6) is 0.785. The van der Waals surface area contributed by atoms with Gasteiger partial charge in [0.05, 0.1) is 17.4 Å². The molecule has 2 aromatic rings. The molecule has 1 aliphatic carbocycles. The molecule has 1 saturated carbocycles. The maximum atomic E-state index is 13.5. The molecule has 2 aliphatic heterocycles. The average molecular weight is 379 g/mol. The summed E-state index contributed by atoms with van der Waals surface area (Å²) < 4.78 is 1.91. The van der Waals surface area contributed by atoms with E-state index >= 15 is 0 Å². The number of carbonyl (C=O) groups excluding carboxylic acids is 2. The minimum Gasteiger partial charge on any atom is -0.342 e. The van der Waals surface area contributed by atoms with Crippen molar-refractivity contribution in [1.29, 1.82) is 0 Å². The molecular weight excluding hydrogens is 354 g/mol. The maximum absolute atomic E-state index is 13.5. The highest BCUT2D eigenvalue weighted by Gasteiger charge is 2.59. The zero-order chi connectivity index (χ0) is 19.3. The first kappa shape index (κ1) is 17.4. The fraction of sp³-hybridized carbons (Fsp3) is 0.524. The Hall–Kier alpha value is -2.70. The molecule has 0 radical (unpaired) electrons. The number of rotatable bonds is 4. The molecule has 4 heterocycles. The van der Waals surface area contributed by atoms with E-state index < -0.39 is 5.41 Å². The van der Waals surface area contributed by atoms with Gasteiger partial charge in [-0.2, -0.15) is 0 Å². The molecule has 2 aromatic heterocycles. The van der Waals surface area contributed by atoms with Crippen molar-refractivity contribution in [2.75, 3.05) is 26.2 Å². The van der Waals surface area contributed by atoms with E-state index in [1.54, 1.807) is 30.9 Å². The second kappa shape index (κ2) is 6.43. The van der Waals surface area contributed by atoms with Crippen molar-refractivity contribution in [1.82, 2.24) is 24.3 Å². The third kappa shape index (κ3) is 2.80. The largest absolute Gasteiger partial charge is 0.342 e. The molecule has 5 rings (SSSR count). The highest BCUT2D eigenvalue weighted by molar-refractivity contribution is 5.96. The maximum Gasteiger partial charge on any atom is 0.254 e. The number of amides is 2. The van der Waals surface area contributed by atoms with Gasteiger partial charge in [0, 0.05) is 63.3 Å². The third-order valence-corrected chi connectivity index (χ3v) is 6.56. The van der Waals surface area contributed by atoms with Crippen molar-refractivity contribution in [2.45, 2.75) is 25.2 Å². The minimum absolute atomic E-state index is 0.0337. The van der Waals surface area contributed by atoms with Crippen molar-refractivity contribution < 1.29 is 9.59 Å². The van der Waals surface area contributed by atoms with Gasteiger partial charge in [0.15, 0.2) is 0 Å². The van der Waals surface area contributed by atoms with Crippen LogP contribution >= 0.6 is 0 Å². The van der Waals surface area contributed by atoms with Crippen LogP contribution in [0.3, 0.4) is 0 Å². The number of imidazole rings is 1. The molecule has 28 heavy (non-hydrogen) atoms. The Balaban J connectivity index is 1.47. The Morgan fingerprint density at radius 1 is 1.29 bits per heavy atom. The summed E-state index contributed by atoms with van der Waals surface area (Å²) >= 11 is 0. The number of nitrogens with zero attached hydrogens (tertiary/aromatic N) is 5. The smallest absolute Gasteiger partial charge is 0.254 e. The molecular formula is C21H25N5O2. The standard InChI is InChI=1S/C21H25N5O2/c1-24-12-18(23-14-24)17-11-26(19(27)16-4-7-22-8-5-16)13-21(17)6-9-25(20(21)28)10-15-2-3-15/h4-5,7-8,12,14-15,17H,2-3,6,9-11,13H2,1H3/t17-,21-/m1/s1. The summed E-state index contributed by atoms with van der Waals surface area (Å²) in [7, 11) is 1.94. The zero-order valence-electron chi connectivity index (χ0n) is 16.1. The van der Waals surface area contributed by atoms with Gasteiger partial charge < -0.3 is 14.4 Å². The van der Waals surface area contributed by atoms with E-state index in [0.717, 1.165) is 25.2 Å². The normalized spacial score (nSPS) is 27.2. The zero-order valence-corrected chi connectivity index (χ0v) is 16.1. The Morgan fingerprint density at radius 2 is 2.07 bits per heavy atom. The lowest BCUT2D eigenvalue weighted by Crippen LogP contribution is -2.41. The van der Waals surface area contributed by atoms with Crippen LogP contribution in [0.4, 0.5) is 0 Å². The molecule has 2 saturated heterocycles. The van der Waals surface area contributed by atoms with Crippen molar-refractivity contribution in [3.05, 3.63) is 48.3 Å². The van der Waals surface area contributed by atoms with Gasteiger partial charge in [-0.3, -0.25) is 14.6 Å². The quantitative estimate of drug-likeness (QED) is 0.810. The lowest BCUT2D eigenvalue weighted by atomic mass is 9.75. The first-order valence-corrected chi connectivity index (χ1v) is 10.0. The monoisotopic (exact) mass is 379 g/mol. The molecule has 0 bridgehead atoms. The van der Waals surface area contributed by atoms with Crippen LogP contribution in [0, 0.1) is 11.3 Å². The molecule has 146 valence electrons. The van der Waals surface area contributed by atoms with Crippen LogP contribution < -0.4 is 0 Å². The van der Waals surface area contributed by atoms with Crippen molar-refractivity contribution in [2.24, 2.45) is 18.4 Å². The first-order chi connectivity index (χ1) is 13.6. The van der Waals surface area contributed by atoms with Gasteiger partial charge in [0.25, 0.3) is 5.91 Å². The fourth-order valence-electron chi connectivity index (χ4n) is 4.85. The average Bonchev–Trinajstić information content (AvgIpc) is 3.16. The number of hydrogen-bond donors (Lipinski definition) is 0. The summed E-state index contributed by atoms with van der Waals surface area (Å²) in [5.41, 5.74) is 0.979. The second-order valence-corrected chi connectivity index (χ2v) is 8.54. The number of aryl methyl sites for hydroxylation is 1. The Kier molecular flexibility index (Phi) is 4.00. The summed E-state index contributed by atoms with van der Waals surface area (Å²) in [5, 5.41) is 0. The molecule has 7 heteroatoms. The minimum atomic E-state index is -0.550. The van der Waals surface area contributed by atoms with E-state index in [0.29, 0.717) is 24.6 Å². The molecule has 2 amide bonds. The van der Waals surface area contributed by atoms with Crippen LogP contribution in [0.5, 0.6) is 0 Å². The predicted octanol–water partition coefficient (Wildman–Crippen LogP) is 1.68. The van der Waals surface area contributed by atoms with Gasteiger partial charge in [-0.05, 0) is 37.3 Å². The molecule has 1 spiro atoms. The van der Waals surface area contributed by atoms with E-state index in [4.69, 9.17) is 0 Å². The van der Waals surface area contributed by atoms with Crippen LogP contribution in [0.25, 0.3) is 0 Å². The van der Waals surface area contributed by atoms with E-state index in [1.807, 2.05) is 27.6 Å². The van der Waals surface area contributed by atoms with E-state index in [9.17, 15) is 9.59 Å². The lowest BCUT2D eigenvalue weighted by molar-refractivity contribution is -0.136. The summed E-state index contributed by atoms with van der Waals surface area (Å²) in [6.07, 6.45) is 10.3. The molecule has 0 unspecified atom stereocenters. The van der Waals surface area contributed by atoms with Gasteiger partial charge in [-0.1, -0.05) is 0 Å². The van der Waals surface area contributed by atoms with Crippen molar-refractivity contribution in [3.63, 3.8) is 0 Å². The third-order valence-electron chi connectivity index (χ3n) is 6.56. The van der Waals surface area contributed by atoms with E-state index in [-0.39, 0.29) is 17.7 Å². The van der Waals surface area contributed by atoms with Gasteiger partial charge in [-0.15, -0.1) is 0 Å². The summed E-state index contributed by atoms with van der Waals surface area (Å²) in [4.78, 5) is 39.1. The van der Waals surface area contributed by atoms with E-state index in [1.165, 1.54) is 12.8 Å². The van der Waals surface area contributed by atoms with Crippen molar-refractivity contribution in [3.8, 4) is 0 Å². The van der Waals surface area contributed by atoms with Gasteiger partial charge in [0.2, 0.25) is 5.91 Å². The Morgan fingerprint density at radius 3 is 2.75 bits per heavy atom. The fourth-order valence-corrected chi connectivity index (χ4v) is 4.85. The first-order valence-electron chi connectivity index (χ1n) is 10.0. The lowest BCUT2D eigenvalue weighted by Gasteiger charge is -2.27. The van der Waals surface area contributed by atoms with Gasteiger partial charge in [0.1, 0.15) is 0 Å².